The van der Waals surface area contributed by atoms with Crippen molar-refractivity contribution in [2.45, 2.75) is 13.0 Å². The topological polar surface area (TPSA) is 15.3 Å². The van der Waals surface area contributed by atoms with Gasteiger partial charge < -0.3 is 10.2 Å². The van der Waals surface area contributed by atoms with E-state index in [1.54, 1.807) is 0 Å². The first-order valence-corrected chi connectivity index (χ1v) is 5.62. The molecule has 0 radical (unpaired) electrons. The number of rotatable bonds is 0. The number of thiocarbonyl (C=S) groups is 1. The minimum atomic E-state index is 0.860. The van der Waals surface area contributed by atoms with Gasteiger partial charge in [0.2, 0.25) is 0 Å². The fraction of sp³-hybridized carbons (Fsp3) is 0.444. The van der Waals surface area contributed by atoms with Gasteiger partial charge in [-0.05, 0) is 35.6 Å². The summed E-state index contributed by atoms with van der Waals surface area (Å²) in [6.45, 7) is 2.02. The third-order valence-electron chi connectivity index (χ3n) is 2.32. The largest absolute Gasteiger partial charge is 0.366 e. The number of fused-ring (bicyclic) bond motifs is 1. The van der Waals surface area contributed by atoms with Crippen molar-refractivity contribution in [1.29, 1.82) is 0 Å². The summed E-state index contributed by atoms with van der Waals surface area (Å²) in [5, 5.41) is 6.04. The van der Waals surface area contributed by atoms with Gasteiger partial charge in [0.15, 0.2) is 5.11 Å². The van der Waals surface area contributed by atoms with Gasteiger partial charge >= 0.3 is 0 Å². The number of hydrogen-bond acceptors (Lipinski definition) is 2. The van der Waals surface area contributed by atoms with E-state index < -0.39 is 0 Å². The Kier molecular flexibility index (Phi) is 2.51. The highest BCUT2D eigenvalue weighted by atomic mass is 32.1. The molecule has 2 rings (SSSR count). The molecule has 1 aromatic rings. The maximum Gasteiger partial charge on any atom is 0.169 e. The molecule has 0 bridgehead atoms. The molecule has 1 N–H and O–H groups in total. The molecule has 4 heteroatoms. The van der Waals surface area contributed by atoms with E-state index in [0.717, 1.165) is 24.6 Å². The Morgan fingerprint density at radius 3 is 3.31 bits per heavy atom. The van der Waals surface area contributed by atoms with E-state index in [1.165, 1.54) is 10.4 Å². The highest BCUT2D eigenvalue weighted by Gasteiger charge is 2.17. The van der Waals surface area contributed by atoms with Crippen LogP contribution in [-0.2, 0) is 13.0 Å². The van der Waals surface area contributed by atoms with Crippen molar-refractivity contribution in [3.05, 3.63) is 21.9 Å². The van der Waals surface area contributed by atoms with E-state index in [2.05, 4.69) is 21.7 Å². The van der Waals surface area contributed by atoms with Crippen LogP contribution in [-0.4, -0.2) is 23.6 Å². The lowest BCUT2D eigenvalue weighted by Gasteiger charge is -2.28. The molecule has 70 valence electrons. The fourth-order valence-electron chi connectivity index (χ4n) is 1.57. The summed E-state index contributed by atoms with van der Waals surface area (Å²) in [5.74, 6) is 0. The molecule has 0 aromatic carbocycles. The quantitative estimate of drug-likeness (QED) is 0.658. The zero-order valence-corrected chi connectivity index (χ0v) is 9.17. The molecule has 2 nitrogen and oxygen atoms in total. The van der Waals surface area contributed by atoms with Crippen LogP contribution >= 0.6 is 23.6 Å². The van der Waals surface area contributed by atoms with Gasteiger partial charge in [0, 0.05) is 18.5 Å². The first-order valence-electron chi connectivity index (χ1n) is 4.33. The molecule has 0 amide bonds. The first kappa shape index (κ1) is 8.97. The third kappa shape index (κ3) is 1.69. The molecular formula is C9H12N2S2. The van der Waals surface area contributed by atoms with Crippen molar-refractivity contribution in [2.24, 2.45) is 0 Å². The van der Waals surface area contributed by atoms with E-state index >= 15 is 0 Å². The van der Waals surface area contributed by atoms with Gasteiger partial charge in [-0.25, -0.2) is 0 Å². The molecular weight excluding hydrogens is 200 g/mol. The normalized spacial score (nSPS) is 15.3. The number of nitrogens with one attached hydrogen (secondary N) is 1. The second-order valence-electron chi connectivity index (χ2n) is 3.10. The lowest BCUT2D eigenvalue weighted by molar-refractivity contribution is 0.395. The van der Waals surface area contributed by atoms with Crippen molar-refractivity contribution in [2.75, 3.05) is 13.6 Å². The molecule has 0 aliphatic carbocycles. The highest BCUT2D eigenvalue weighted by molar-refractivity contribution is 7.80. The standard InChI is InChI=1S/C9H12N2S2/c1-10-9(12)11-4-2-7-3-5-13-8(7)6-11/h3,5H,2,4,6H2,1H3,(H,10,12). The molecule has 13 heavy (non-hydrogen) atoms. The number of hydrogen-bond donors (Lipinski definition) is 1. The highest BCUT2D eigenvalue weighted by Crippen LogP contribution is 2.23. The summed E-state index contributed by atoms with van der Waals surface area (Å²) in [5.41, 5.74) is 1.50. The summed E-state index contributed by atoms with van der Waals surface area (Å²) in [7, 11) is 1.88. The lowest BCUT2D eigenvalue weighted by Crippen LogP contribution is -2.40. The van der Waals surface area contributed by atoms with Crippen LogP contribution in [0.2, 0.25) is 0 Å². The van der Waals surface area contributed by atoms with Gasteiger partial charge in [0.1, 0.15) is 0 Å². The smallest absolute Gasteiger partial charge is 0.169 e. The molecule has 1 aliphatic heterocycles. The molecule has 0 fully saturated rings. The molecule has 1 aliphatic rings. The Hall–Kier alpha value is -0.610. The second kappa shape index (κ2) is 3.64. The number of nitrogens with zero attached hydrogens (tertiary/aromatic N) is 1. The SMILES string of the molecule is CNC(=S)N1CCc2ccsc2C1. The fourth-order valence-corrected chi connectivity index (χ4v) is 2.67. The number of thiophene rings is 1. The average molecular weight is 212 g/mol. The molecule has 0 saturated heterocycles. The molecule has 2 heterocycles. The van der Waals surface area contributed by atoms with Gasteiger partial charge in [-0.2, -0.15) is 0 Å². The first-order chi connectivity index (χ1) is 6.31. The summed E-state index contributed by atoms with van der Waals surface area (Å²) < 4.78 is 0. The summed E-state index contributed by atoms with van der Waals surface area (Å²) >= 11 is 7.03. The Bertz CT molecular complexity index is 319. The van der Waals surface area contributed by atoms with Gasteiger partial charge in [-0.1, -0.05) is 0 Å². The van der Waals surface area contributed by atoms with E-state index in [-0.39, 0.29) is 0 Å². The van der Waals surface area contributed by atoms with E-state index in [4.69, 9.17) is 12.2 Å². The van der Waals surface area contributed by atoms with Crippen molar-refractivity contribution in [1.82, 2.24) is 10.2 Å². The van der Waals surface area contributed by atoms with Crippen LogP contribution in [0, 0.1) is 0 Å². The van der Waals surface area contributed by atoms with Crippen molar-refractivity contribution >= 4 is 28.7 Å². The summed E-state index contributed by atoms with van der Waals surface area (Å²) in [6, 6.07) is 2.22. The average Bonchev–Trinajstić information content (AvgIpc) is 2.63. The van der Waals surface area contributed by atoms with Crippen LogP contribution in [0.4, 0.5) is 0 Å². The van der Waals surface area contributed by atoms with Crippen molar-refractivity contribution in [3.8, 4) is 0 Å². The van der Waals surface area contributed by atoms with Gasteiger partial charge in [-0.15, -0.1) is 11.3 Å². The zero-order chi connectivity index (χ0) is 9.26. The molecule has 1 aromatic heterocycles. The predicted molar refractivity (Wildman–Crippen MR) is 60.1 cm³/mol. The third-order valence-corrected chi connectivity index (χ3v) is 3.73. The minimum Gasteiger partial charge on any atom is -0.366 e. The monoisotopic (exact) mass is 212 g/mol. The van der Waals surface area contributed by atoms with E-state index in [1.807, 2.05) is 18.4 Å². The van der Waals surface area contributed by atoms with Crippen LogP contribution < -0.4 is 5.32 Å². The molecule has 0 atom stereocenters. The summed E-state index contributed by atoms with van der Waals surface area (Å²) in [6.07, 6.45) is 1.13. The zero-order valence-electron chi connectivity index (χ0n) is 7.54. The summed E-state index contributed by atoms with van der Waals surface area (Å²) in [4.78, 5) is 3.68. The van der Waals surface area contributed by atoms with Crippen LogP contribution in [0.1, 0.15) is 10.4 Å². The van der Waals surface area contributed by atoms with Crippen LogP contribution in [0.25, 0.3) is 0 Å². The molecule has 0 saturated carbocycles. The maximum absolute atomic E-state index is 5.20. The van der Waals surface area contributed by atoms with E-state index in [9.17, 15) is 0 Å². The van der Waals surface area contributed by atoms with Crippen LogP contribution in [0.3, 0.4) is 0 Å². The minimum absolute atomic E-state index is 0.860. The lowest BCUT2D eigenvalue weighted by atomic mass is 10.1. The Morgan fingerprint density at radius 1 is 1.69 bits per heavy atom. The predicted octanol–water partition coefficient (Wildman–Crippen LogP) is 1.61. The Morgan fingerprint density at radius 2 is 2.54 bits per heavy atom. The molecule has 0 unspecified atom stereocenters. The Balaban J connectivity index is 2.13. The van der Waals surface area contributed by atoms with Crippen molar-refractivity contribution in [3.63, 3.8) is 0 Å². The Labute approximate surface area is 87.6 Å². The van der Waals surface area contributed by atoms with Gasteiger partial charge in [0.25, 0.3) is 0 Å². The van der Waals surface area contributed by atoms with Crippen LogP contribution in [0.5, 0.6) is 0 Å². The van der Waals surface area contributed by atoms with Gasteiger partial charge in [-0.3, -0.25) is 0 Å². The van der Waals surface area contributed by atoms with Crippen molar-refractivity contribution < 1.29 is 0 Å². The molecule has 0 spiro atoms. The maximum atomic E-state index is 5.20. The van der Waals surface area contributed by atoms with Crippen LogP contribution in [0.15, 0.2) is 11.4 Å². The van der Waals surface area contributed by atoms with E-state index in [0.29, 0.717) is 0 Å². The van der Waals surface area contributed by atoms with Gasteiger partial charge in [0.05, 0.1) is 6.54 Å². The second-order valence-corrected chi connectivity index (χ2v) is 4.48.